The third-order valence-electron chi connectivity index (χ3n) is 12.1. The minimum absolute atomic E-state index is 0.0740. The highest BCUT2D eigenvalue weighted by molar-refractivity contribution is 7.33. The van der Waals surface area contributed by atoms with Crippen molar-refractivity contribution in [2.24, 2.45) is 15.7 Å². The maximum absolute atomic E-state index is 10.6. The van der Waals surface area contributed by atoms with Gasteiger partial charge in [0, 0.05) is 29.6 Å². The van der Waals surface area contributed by atoms with Crippen LogP contribution in [0.15, 0.2) is 259 Å². The van der Waals surface area contributed by atoms with Crippen molar-refractivity contribution < 1.29 is 9.59 Å². The zero-order valence-electron chi connectivity index (χ0n) is 41.9. The molecule has 0 bridgehead atoms. The Hall–Kier alpha value is -7.83. The van der Waals surface area contributed by atoms with Crippen molar-refractivity contribution in [2.45, 2.75) is 64.8 Å². The third kappa shape index (κ3) is 16.4. The van der Waals surface area contributed by atoms with Crippen LogP contribution < -0.4 is 5.73 Å². The minimum atomic E-state index is -0.472. The first-order valence-electron chi connectivity index (χ1n) is 24.4. The Labute approximate surface area is 429 Å². The highest BCUT2D eigenvalue weighted by Crippen LogP contribution is 2.50. The molecule has 1 unspecified atom stereocenters. The maximum Gasteiger partial charge on any atom is 0.225 e. The number of Topliss-reactive ketones (excluding diaryl/α,β-unsaturated/α-hetero) is 1. The van der Waals surface area contributed by atoms with Crippen molar-refractivity contribution in [1.29, 1.82) is 0 Å². The van der Waals surface area contributed by atoms with Gasteiger partial charge in [-0.25, -0.2) is 0 Å². The van der Waals surface area contributed by atoms with Crippen molar-refractivity contribution in [3.8, 4) is 0 Å². The minimum Gasteiger partial charge on any atom is -0.333 e. The molecule has 8 aromatic carbocycles. The van der Waals surface area contributed by atoms with Crippen LogP contribution in [0.3, 0.4) is 0 Å². The molecule has 7 nitrogen and oxygen atoms in total. The Balaban J connectivity index is 0.000000174. The average Bonchev–Trinajstić information content (AvgIpc) is 3.91. The smallest absolute Gasteiger partial charge is 0.225 e. The van der Waals surface area contributed by atoms with Crippen molar-refractivity contribution >= 4 is 38.6 Å². The summed E-state index contributed by atoms with van der Waals surface area (Å²) in [5.74, 6) is -0.472. The van der Waals surface area contributed by atoms with Gasteiger partial charge in [-0.2, -0.15) is 0 Å². The number of ketones is 1. The van der Waals surface area contributed by atoms with Gasteiger partial charge in [-0.3, -0.25) is 19.6 Å². The molecule has 8 aromatic rings. The number of nitrogens with zero attached hydrogens (tertiary/aromatic N) is 4. The lowest BCUT2D eigenvalue weighted by molar-refractivity contribution is -0.104. The Kier molecular flexibility index (Phi) is 21.4. The number of benzene rings is 8. The summed E-state index contributed by atoms with van der Waals surface area (Å²) in [6, 6.07) is 82.7. The SMILES string of the molecule is C[C@@H](N)c1ccccc1.C[C@@H](c1ccccc1)N1C=C(c2ccccc2)N([C@@H](C)c2ccccc2)P1.C[C@H](N=CC(=N[C@@H](C)c1ccccc1)c1ccccc1)c1ccccc1.O=CC(=O)c1ccccc1. The molecule has 9 rings (SSSR count). The van der Waals surface area contributed by atoms with Gasteiger partial charge in [0.1, 0.15) is 0 Å². The Morgan fingerprint density at radius 3 is 1.28 bits per heavy atom. The maximum atomic E-state index is 10.6. The van der Waals surface area contributed by atoms with Crippen molar-refractivity contribution in [1.82, 2.24) is 9.34 Å². The molecule has 0 amide bonds. The van der Waals surface area contributed by atoms with E-state index in [2.05, 4.69) is 183 Å². The van der Waals surface area contributed by atoms with Gasteiger partial charge in [-0.1, -0.05) is 243 Å². The summed E-state index contributed by atoms with van der Waals surface area (Å²) in [7, 11) is 0.583. The number of carbonyl (C=O) groups is 2. The first-order valence-corrected chi connectivity index (χ1v) is 25.3. The molecule has 0 aromatic heterocycles. The quantitative estimate of drug-likeness (QED) is 0.0385. The first kappa shape index (κ1) is 53.5. The van der Waals surface area contributed by atoms with E-state index in [9.17, 15) is 9.59 Å². The van der Waals surface area contributed by atoms with Crippen LogP contribution in [0, 0.1) is 0 Å². The molecule has 0 radical (unpaired) electrons. The zero-order valence-corrected chi connectivity index (χ0v) is 42.9. The molecule has 1 aliphatic heterocycles. The van der Waals surface area contributed by atoms with Crippen LogP contribution in [0.25, 0.3) is 5.70 Å². The molecule has 364 valence electrons. The Bertz CT molecular complexity index is 2890. The molecule has 0 spiro atoms. The molecule has 0 fully saturated rings. The van der Waals surface area contributed by atoms with Crippen molar-refractivity contribution in [3.05, 3.63) is 293 Å². The second-order valence-corrected chi connectivity index (χ2v) is 18.5. The van der Waals surface area contributed by atoms with Crippen LogP contribution in [0.4, 0.5) is 0 Å². The number of aliphatic imine (C=N–C) groups is 2. The third-order valence-corrected chi connectivity index (χ3v) is 13.7. The molecular formula is C64H66N5O2P. The largest absolute Gasteiger partial charge is 0.333 e. The fraction of sp³-hybridized carbons (Fsp3) is 0.156. The van der Waals surface area contributed by atoms with E-state index in [0.717, 1.165) is 11.3 Å². The average molecular weight is 968 g/mol. The zero-order chi connectivity index (χ0) is 50.9. The molecule has 2 N–H and O–H groups in total. The second-order valence-electron chi connectivity index (χ2n) is 17.3. The van der Waals surface area contributed by atoms with Crippen molar-refractivity contribution in [3.63, 3.8) is 0 Å². The normalized spacial score (nSPS) is 14.4. The molecule has 0 saturated heterocycles. The van der Waals surface area contributed by atoms with E-state index in [1.54, 1.807) is 30.3 Å². The second kappa shape index (κ2) is 28.7. The number of carbonyl (C=O) groups excluding carboxylic acids is 2. The number of nitrogens with two attached hydrogens (primary N) is 1. The van der Waals surface area contributed by atoms with E-state index >= 15 is 0 Å². The first-order chi connectivity index (χ1) is 35.1. The molecule has 1 heterocycles. The Morgan fingerprint density at radius 1 is 0.472 bits per heavy atom. The van der Waals surface area contributed by atoms with E-state index in [1.807, 2.05) is 85.9 Å². The van der Waals surface area contributed by atoms with Gasteiger partial charge >= 0.3 is 0 Å². The summed E-state index contributed by atoms with van der Waals surface area (Å²) < 4.78 is 5.00. The molecule has 8 heteroatoms. The van der Waals surface area contributed by atoms with Gasteiger partial charge in [-0.15, -0.1) is 0 Å². The highest BCUT2D eigenvalue weighted by Gasteiger charge is 2.30. The molecular weight excluding hydrogens is 902 g/mol. The molecule has 0 saturated carbocycles. The standard InChI is InChI=1S/C24H25N2P.C24H24N2.C8H11N.C8H6O2/c1-19(21-12-6-3-7-13-21)25-18-24(23-16-10-5-11-17-23)26(27-25)20(2)22-14-8-4-9-15-22;1-19(21-12-6-3-7-13-21)25-18-24(23-16-10-5-11-17-23)26-20(2)22-14-8-4-9-15-22;1-7(9)8-5-3-2-4-6-8;9-6-8(10)7-4-2-1-3-5-7/h3-20,27H,1-2H3;3-20H,1-2H3;2-7H,9H2,1H3;1-6H/t2*19-,20-;7-;/m001./s1. The van der Waals surface area contributed by atoms with Crippen LogP contribution in [0.5, 0.6) is 0 Å². The number of rotatable bonds is 14. The molecule has 72 heavy (non-hydrogen) atoms. The number of hydrogen-bond donors (Lipinski definition) is 1. The topological polar surface area (TPSA) is 91.4 Å². The van der Waals surface area contributed by atoms with E-state index < -0.39 is 5.78 Å². The molecule has 0 aliphatic carbocycles. The van der Waals surface area contributed by atoms with E-state index in [0.29, 0.717) is 32.8 Å². The van der Waals surface area contributed by atoms with Crippen LogP contribution in [0.2, 0.25) is 0 Å². The van der Waals surface area contributed by atoms with Crippen LogP contribution in [0.1, 0.15) is 114 Å². The van der Waals surface area contributed by atoms with Crippen LogP contribution in [-0.4, -0.2) is 33.3 Å². The van der Waals surface area contributed by atoms with E-state index in [1.165, 1.54) is 39.1 Å². The van der Waals surface area contributed by atoms with Gasteiger partial charge in [-0.05, 0) is 68.0 Å². The van der Waals surface area contributed by atoms with Gasteiger partial charge in [0.15, 0.2) is 6.29 Å². The summed E-state index contributed by atoms with van der Waals surface area (Å²) in [4.78, 5) is 30.3. The summed E-state index contributed by atoms with van der Waals surface area (Å²) in [6.45, 7) is 10.8. The highest BCUT2D eigenvalue weighted by atomic mass is 31.1. The van der Waals surface area contributed by atoms with Gasteiger partial charge in [0.05, 0.1) is 44.5 Å². The predicted octanol–water partition coefficient (Wildman–Crippen LogP) is 15.5. The lowest BCUT2D eigenvalue weighted by atomic mass is 10.1. The van der Waals surface area contributed by atoms with Gasteiger partial charge < -0.3 is 15.1 Å². The van der Waals surface area contributed by atoms with Crippen LogP contribution in [-0.2, 0) is 4.79 Å². The summed E-state index contributed by atoms with van der Waals surface area (Å²) in [5, 5.41) is 0. The summed E-state index contributed by atoms with van der Waals surface area (Å²) >= 11 is 0. The fourth-order valence-electron chi connectivity index (χ4n) is 7.72. The number of aldehydes is 1. The van der Waals surface area contributed by atoms with Crippen molar-refractivity contribution in [2.75, 3.05) is 0 Å². The number of hydrogen-bond acceptors (Lipinski definition) is 7. The van der Waals surface area contributed by atoms with E-state index in [4.69, 9.17) is 15.7 Å². The van der Waals surface area contributed by atoms with Gasteiger partial charge in [0.25, 0.3) is 0 Å². The van der Waals surface area contributed by atoms with Gasteiger partial charge in [0.2, 0.25) is 5.78 Å². The summed E-state index contributed by atoms with van der Waals surface area (Å²) in [6.07, 6.45) is 4.56. The molecule has 1 aliphatic rings. The van der Waals surface area contributed by atoms with Crippen LogP contribution >= 0.6 is 8.88 Å². The lowest BCUT2D eigenvalue weighted by Gasteiger charge is -2.32. The monoisotopic (exact) mass is 967 g/mol. The predicted molar refractivity (Wildman–Crippen MR) is 303 cm³/mol. The fourth-order valence-corrected chi connectivity index (χ4v) is 9.09. The van der Waals surface area contributed by atoms with E-state index in [-0.39, 0.29) is 18.1 Å². The Morgan fingerprint density at radius 2 is 0.847 bits per heavy atom. The molecule has 6 atom stereocenters. The summed E-state index contributed by atoms with van der Waals surface area (Å²) in [5.41, 5.74) is 16.9. The lowest BCUT2D eigenvalue weighted by Crippen LogP contribution is -2.17.